The monoisotopic (exact) mass is 279 g/mol. The van der Waals surface area contributed by atoms with E-state index in [4.69, 9.17) is 9.26 Å². The van der Waals surface area contributed by atoms with Crippen molar-refractivity contribution < 1.29 is 14.1 Å². The zero-order valence-corrected chi connectivity index (χ0v) is 12.2. The van der Waals surface area contributed by atoms with E-state index in [9.17, 15) is 4.79 Å². The Hall–Kier alpha value is -1.40. The van der Waals surface area contributed by atoms with Gasteiger partial charge in [0.25, 0.3) is 0 Å². The molecule has 0 radical (unpaired) electrons. The van der Waals surface area contributed by atoms with E-state index in [1.165, 1.54) is 0 Å². The van der Waals surface area contributed by atoms with Crippen molar-refractivity contribution in [1.29, 1.82) is 0 Å². The number of carbonyl (C=O) groups excluding carboxylic acids is 1. The van der Waals surface area contributed by atoms with Gasteiger partial charge in [-0.15, -0.1) is 0 Å². The highest BCUT2D eigenvalue weighted by Gasteiger charge is 2.37. The van der Waals surface area contributed by atoms with Crippen LogP contribution in [-0.4, -0.2) is 48.8 Å². The summed E-state index contributed by atoms with van der Waals surface area (Å²) in [4.78, 5) is 14.5. The fourth-order valence-electron chi connectivity index (χ4n) is 2.80. The Morgan fingerprint density at radius 2 is 2.25 bits per heavy atom. The number of hydrogen-bond acceptors (Lipinski definition) is 5. The molecule has 1 aromatic rings. The first-order chi connectivity index (χ1) is 9.60. The van der Waals surface area contributed by atoms with Crippen LogP contribution >= 0.6 is 0 Å². The van der Waals surface area contributed by atoms with Crippen LogP contribution in [0.3, 0.4) is 0 Å². The number of carbonyl (C=O) groups is 1. The number of aryl methyl sites for hydroxylation is 1. The third-order valence-corrected chi connectivity index (χ3v) is 4.23. The van der Waals surface area contributed by atoms with Crippen LogP contribution in [0.5, 0.6) is 0 Å². The van der Waals surface area contributed by atoms with Gasteiger partial charge >= 0.3 is 0 Å². The van der Waals surface area contributed by atoms with Gasteiger partial charge in [-0.1, -0.05) is 5.16 Å². The van der Waals surface area contributed by atoms with E-state index in [-0.39, 0.29) is 18.1 Å². The number of methoxy groups -OCH3 is 1. The Morgan fingerprint density at radius 3 is 2.85 bits per heavy atom. The Kier molecular flexibility index (Phi) is 3.52. The lowest BCUT2D eigenvalue weighted by Gasteiger charge is -2.18. The topological polar surface area (TPSA) is 67.6 Å². The second kappa shape index (κ2) is 5.18. The number of likely N-dealkylation sites (N-methyl/N-ethyl adjacent to an activating group) is 1. The number of hydrogen-bond donors (Lipinski definition) is 1. The first-order valence-corrected chi connectivity index (χ1v) is 7.10. The van der Waals surface area contributed by atoms with Gasteiger partial charge < -0.3 is 14.6 Å². The Bertz CT molecular complexity index is 510. The summed E-state index contributed by atoms with van der Waals surface area (Å²) in [6, 6.07) is -0.152. The van der Waals surface area contributed by atoms with Crippen molar-refractivity contribution in [3.8, 4) is 0 Å². The Labute approximate surface area is 118 Å². The van der Waals surface area contributed by atoms with Crippen LogP contribution in [0.4, 0.5) is 5.69 Å². The summed E-state index contributed by atoms with van der Waals surface area (Å²) in [6.07, 6.45) is 3.09. The first kappa shape index (κ1) is 13.6. The van der Waals surface area contributed by atoms with Crippen LogP contribution in [-0.2, 0) is 9.53 Å². The average molecular weight is 279 g/mol. The smallest absolute Gasteiger partial charge is 0.241 e. The largest absolute Gasteiger partial charge is 0.380 e. The summed E-state index contributed by atoms with van der Waals surface area (Å²) in [5.74, 6) is 1.26. The summed E-state index contributed by atoms with van der Waals surface area (Å²) in [5, 5.41) is 6.98. The fraction of sp³-hybridized carbons (Fsp3) is 0.714. The molecule has 1 saturated heterocycles. The van der Waals surface area contributed by atoms with Gasteiger partial charge in [-0.25, -0.2) is 0 Å². The molecule has 1 saturated carbocycles. The SMILES string of the molecule is CO[C@H]1C[C@@H](C(=O)Nc2c(C)noc2C2CC2)N(C)C1. The molecule has 6 nitrogen and oxygen atoms in total. The third-order valence-electron chi connectivity index (χ3n) is 4.23. The van der Waals surface area contributed by atoms with Gasteiger partial charge in [0.15, 0.2) is 5.76 Å². The summed E-state index contributed by atoms with van der Waals surface area (Å²) in [6.45, 7) is 2.65. The highest BCUT2D eigenvalue weighted by Crippen LogP contribution is 2.44. The second-order valence-corrected chi connectivity index (χ2v) is 5.82. The molecule has 2 fully saturated rings. The zero-order valence-electron chi connectivity index (χ0n) is 12.2. The molecule has 1 aliphatic carbocycles. The first-order valence-electron chi connectivity index (χ1n) is 7.10. The van der Waals surface area contributed by atoms with Crippen molar-refractivity contribution in [3.05, 3.63) is 11.5 Å². The summed E-state index contributed by atoms with van der Waals surface area (Å²) in [7, 11) is 3.64. The van der Waals surface area contributed by atoms with Gasteiger partial charge in [-0.3, -0.25) is 9.69 Å². The molecular formula is C14H21N3O3. The lowest BCUT2D eigenvalue weighted by Crippen LogP contribution is -2.37. The number of aromatic nitrogens is 1. The molecule has 6 heteroatoms. The Balaban J connectivity index is 1.71. The van der Waals surface area contributed by atoms with Gasteiger partial charge in [0.2, 0.25) is 5.91 Å². The number of nitrogens with one attached hydrogen (secondary N) is 1. The normalized spacial score (nSPS) is 26.9. The number of anilines is 1. The van der Waals surface area contributed by atoms with Gasteiger partial charge in [-0.2, -0.15) is 0 Å². The van der Waals surface area contributed by atoms with Gasteiger partial charge in [-0.05, 0) is 33.2 Å². The molecule has 1 aromatic heterocycles. The molecule has 1 N–H and O–H groups in total. The van der Waals surface area contributed by atoms with E-state index in [0.29, 0.717) is 5.92 Å². The van der Waals surface area contributed by atoms with Crippen molar-refractivity contribution in [1.82, 2.24) is 10.1 Å². The minimum absolute atomic E-state index is 0.000231. The van der Waals surface area contributed by atoms with Crippen molar-refractivity contribution in [2.75, 3.05) is 26.0 Å². The van der Waals surface area contributed by atoms with Crippen LogP contribution < -0.4 is 5.32 Å². The van der Waals surface area contributed by atoms with Crippen LogP contribution in [0.25, 0.3) is 0 Å². The predicted octanol–water partition coefficient (Wildman–Crippen LogP) is 1.52. The zero-order chi connectivity index (χ0) is 14.3. The standard InChI is InChI=1S/C14H21N3O3/c1-8-12(13(20-16-8)9-4-5-9)15-14(18)11-6-10(19-3)7-17(11)2/h9-11H,4-7H2,1-3H3,(H,15,18)/t10-,11-/m0/s1. The molecule has 3 rings (SSSR count). The number of ether oxygens (including phenoxy) is 1. The molecule has 2 heterocycles. The highest BCUT2D eigenvalue weighted by atomic mass is 16.5. The number of likely N-dealkylation sites (tertiary alicyclic amines) is 1. The van der Waals surface area contributed by atoms with Crippen LogP contribution in [0, 0.1) is 6.92 Å². The van der Waals surface area contributed by atoms with Crippen LogP contribution in [0.15, 0.2) is 4.52 Å². The fourth-order valence-corrected chi connectivity index (χ4v) is 2.80. The van der Waals surface area contributed by atoms with Crippen LogP contribution in [0.1, 0.15) is 36.6 Å². The van der Waals surface area contributed by atoms with Gasteiger partial charge in [0.1, 0.15) is 11.4 Å². The van der Waals surface area contributed by atoms with Crippen molar-refractivity contribution >= 4 is 11.6 Å². The molecule has 2 aliphatic rings. The lowest BCUT2D eigenvalue weighted by atomic mass is 10.1. The number of amides is 1. The number of rotatable bonds is 4. The molecule has 0 unspecified atom stereocenters. The quantitative estimate of drug-likeness (QED) is 0.905. The molecule has 110 valence electrons. The van der Waals surface area contributed by atoms with E-state index >= 15 is 0 Å². The van der Waals surface area contributed by atoms with Gasteiger partial charge in [0.05, 0.1) is 12.1 Å². The highest BCUT2D eigenvalue weighted by molar-refractivity contribution is 5.96. The van der Waals surface area contributed by atoms with E-state index in [0.717, 1.165) is 42.9 Å². The van der Waals surface area contributed by atoms with E-state index < -0.39 is 0 Å². The minimum Gasteiger partial charge on any atom is -0.380 e. The summed E-state index contributed by atoms with van der Waals surface area (Å²) < 4.78 is 10.7. The van der Waals surface area contributed by atoms with Crippen molar-refractivity contribution in [3.63, 3.8) is 0 Å². The molecule has 1 aliphatic heterocycles. The van der Waals surface area contributed by atoms with E-state index in [1.54, 1.807) is 7.11 Å². The number of nitrogens with zero attached hydrogens (tertiary/aromatic N) is 2. The van der Waals surface area contributed by atoms with Gasteiger partial charge in [0, 0.05) is 19.6 Å². The molecule has 0 bridgehead atoms. The molecule has 1 amide bonds. The summed E-state index contributed by atoms with van der Waals surface area (Å²) >= 11 is 0. The lowest BCUT2D eigenvalue weighted by molar-refractivity contribution is -0.120. The molecule has 20 heavy (non-hydrogen) atoms. The maximum atomic E-state index is 12.5. The van der Waals surface area contributed by atoms with Crippen molar-refractivity contribution in [2.45, 2.75) is 44.2 Å². The maximum absolute atomic E-state index is 12.5. The second-order valence-electron chi connectivity index (χ2n) is 5.82. The maximum Gasteiger partial charge on any atom is 0.241 e. The molecular weight excluding hydrogens is 258 g/mol. The predicted molar refractivity (Wildman–Crippen MR) is 73.7 cm³/mol. The Morgan fingerprint density at radius 1 is 1.50 bits per heavy atom. The van der Waals surface area contributed by atoms with Crippen LogP contribution in [0.2, 0.25) is 0 Å². The summed E-state index contributed by atoms with van der Waals surface area (Å²) in [5.41, 5.74) is 1.52. The molecule has 2 atom stereocenters. The van der Waals surface area contributed by atoms with Crippen molar-refractivity contribution in [2.24, 2.45) is 0 Å². The average Bonchev–Trinajstić information content (AvgIpc) is 3.11. The minimum atomic E-state index is -0.152. The molecule has 0 spiro atoms. The van der Waals surface area contributed by atoms with E-state index in [1.807, 2.05) is 18.9 Å². The van der Waals surface area contributed by atoms with E-state index in [2.05, 4.69) is 10.5 Å². The molecule has 0 aromatic carbocycles. The third kappa shape index (κ3) is 2.45.